The summed E-state index contributed by atoms with van der Waals surface area (Å²) >= 11 is 0. The van der Waals surface area contributed by atoms with Crippen LogP contribution in [0, 0.1) is 29.6 Å². The molecular weight excluding hydrogens is 414 g/mol. The minimum Gasteiger partial charge on any atom is -0.371 e. The van der Waals surface area contributed by atoms with E-state index in [2.05, 4.69) is 69.0 Å². The van der Waals surface area contributed by atoms with Gasteiger partial charge < -0.3 is 4.90 Å². The molecule has 2 aliphatic heterocycles. The summed E-state index contributed by atoms with van der Waals surface area (Å²) in [6, 6.07) is 17.2. The van der Waals surface area contributed by atoms with Crippen LogP contribution >= 0.6 is 0 Å². The van der Waals surface area contributed by atoms with Crippen LogP contribution in [0.4, 0.5) is 5.69 Å². The molecule has 5 rings (SSSR count). The number of anilines is 1. The lowest BCUT2D eigenvalue weighted by atomic mass is 9.69. The Kier molecular flexibility index (Phi) is 5.07. The highest BCUT2D eigenvalue weighted by Crippen LogP contribution is 2.49. The lowest BCUT2D eigenvalue weighted by molar-refractivity contribution is 0.401. The Labute approximate surface area is 202 Å². The Hall–Kier alpha value is -3.56. The van der Waals surface area contributed by atoms with Crippen molar-refractivity contribution in [2.45, 2.75) is 58.3 Å². The molecular formula is C31H31N3. The zero-order valence-corrected chi connectivity index (χ0v) is 20.8. The second-order valence-electron chi connectivity index (χ2n) is 11.2. The average molecular weight is 446 g/mol. The molecule has 0 saturated carbocycles. The van der Waals surface area contributed by atoms with Gasteiger partial charge in [0, 0.05) is 29.5 Å². The lowest BCUT2D eigenvalue weighted by Crippen LogP contribution is -2.44. The van der Waals surface area contributed by atoms with E-state index in [9.17, 15) is 10.5 Å². The predicted molar refractivity (Wildman–Crippen MR) is 141 cm³/mol. The van der Waals surface area contributed by atoms with Gasteiger partial charge in [-0.1, -0.05) is 64.1 Å². The molecule has 0 bridgehead atoms. The Balaban J connectivity index is 1.65. The van der Waals surface area contributed by atoms with Gasteiger partial charge in [-0.25, -0.2) is 0 Å². The smallest absolute Gasteiger partial charge is 0.100 e. The molecule has 0 spiro atoms. The number of hydrogen-bond donors (Lipinski definition) is 0. The van der Waals surface area contributed by atoms with Crippen LogP contribution in [0.2, 0.25) is 0 Å². The Morgan fingerprint density at radius 2 is 1.35 bits per heavy atom. The van der Waals surface area contributed by atoms with Gasteiger partial charge in [-0.2, -0.15) is 10.5 Å². The third kappa shape index (κ3) is 3.39. The van der Waals surface area contributed by atoms with Gasteiger partial charge in [-0.05, 0) is 70.5 Å². The van der Waals surface area contributed by atoms with Crippen molar-refractivity contribution in [2.24, 2.45) is 0 Å². The molecule has 170 valence electrons. The second kappa shape index (κ2) is 7.75. The molecule has 3 aromatic rings. The van der Waals surface area contributed by atoms with Crippen LogP contribution in [0.25, 0.3) is 22.9 Å². The third-order valence-electron chi connectivity index (χ3n) is 8.04. The molecule has 3 heteroatoms. The number of hydrogen-bond acceptors (Lipinski definition) is 3. The molecule has 2 heterocycles. The van der Waals surface area contributed by atoms with Gasteiger partial charge in [0.05, 0.1) is 11.1 Å². The Morgan fingerprint density at radius 3 is 1.94 bits per heavy atom. The van der Waals surface area contributed by atoms with E-state index < -0.39 is 0 Å². The Morgan fingerprint density at radius 1 is 0.794 bits per heavy atom. The summed E-state index contributed by atoms with van der Waals surface area (Å²) < 4.78 is 0. The Bertz CT molecular complexity index is 1400. The van der Waals surface area contributed by atoms with E-state index in [0.29, 0.717) is 11.1 Å². The van der Waals surface area contributed by atoms with Crippen molar-refractivity contribution in [1.29, 1.82) is 10.5 Å². The molecule has 34 heavy (non-hydrogen) atoms. The summed E-state index contributed by atoms with van der Waals surface area (Å²) in [4.78, 5) is 2.58. The quantitative estimate of drug-likeness (QED) is 0.391. The number of benzene rings is 3. The van der Waals surface area contributed by atoms with Gasteiger partial charge in [0.1, 0.15) is 12.1 Å². The van der Waals surface area contributed by atoms with Gasteiger partial charge in [0.25, 0.3) is 0 Å². The number of nitriles is 2. The SMILES string of the molecule is Cc1ccc2c(C#N)c(/C=C\c3cc4c5c(c3)C(C)(C)CCN5CCC4(C)C)ccc2c1C#N. The molecule has 0 aromatic heterocycles. The average Bonchev–Trinajstić information content (AvgIpc) is 2.81. The lowest BCUT2D eigenvalue weighted by Gasteiger charge is -2.48. The molecule has 0 amide bonds. The van der Waals surface area contributed by atoms with Crippen molar-refractivity contribution in [2.75, 3.05) is 18.0 Å². The van der Waals surface area contributed by atoms with Crippen LogP contribution in [-0.2, 0) is 10.8 Å². The fraction of sp³-hybridized carbons (Fsp3) is 0.355. The first-order valence-corrected chi connectivity index (χ1v) is 12.1. The number of aryl methyl sites for hydroxylation is 1. The van der Waals surface area contributed by atoms with Crippen LogP contribution in [0.15, 0.2) is 36.4 Å². The fourth-order valence-electron chi connectivity index (χ4n) is 5.69. The molecule has 2 aliphatic rings. The molecule has 3 aromatic carbocycles. The summed E-state index contributed by atoms with van der Waals surface area (Å²) in [7, 11) is 0. The summed E-state index contributed by atoms with van der Waals surface area (Å²) in [5.41, 5.74) is 8.89. The van der Waals surface area contributed by atoms with Gasteiger partial charge >= 0.3 is 0 Å². The molecule has 3 nitrogen and oxygen atoms in total. The van der Waals surface area contributed by atoms with Gasteiger partial charge in [-0.3, -0.25) is 0 Å². The highest BCUT2D eigenvalue weighted by atomic mass is 15.2. The monoisotopic (exact) mass is 445 g/mol. The standard InChI is InChI=1S/C31H31N3/c1-20-6-10-24-23(25(20)18-32)11-9-22(26(24)19-33)8-7-21-16-27-29-28(17-21)31(4,5)13-15-34(29)14-12-30(27,2)3/h6-11,16-17H,12-15H2,1-5H3/b8-7-. The van der Waals surface area contributed by atoms with E-state index in [1.807, 2.05) is 31.2 Å². The van der Waals surface area contributed by atoms with Crippen LogP contribution in [0.3, 0.4) is 0 Å². The van der Waals surface area contributed by atoms with Crippen molar-refractivity contribution < 1.29 is 0 Å². The molecule has 0 atom stereocenters. The summed E-state index contributed by atoms with van der Waals surface area (Å²) in [6.45, 7) is 13.6. The molecule has 0 N–H and O–H groups in total. The summed E-state index contributed by atoms with van der Waals surface area (Å²) in [5.74, 6) is 0. The number of fused-ring (bicyclic) bond motifs is 1. The van der Waals surface area contributed by atoms with E-state index in [0.717, 1.165) is 47.8 Å². The highest BCUT2D eigenvalue weighted by molar-refractivity contribution is 5.96. The minimum absolute atomic E-state index is 0.143. The van der Waals surface area contributed by atoms with Crippen molar-refractivity contribution >= 4 is 28.6 Å². The van der Waals surface area contributed by atoms with E-state index in [1.54, 1.807) is 0 Å². The van der Waals surface area contributed by atoms with Crippen molar-refractivity contribution in [1.82, 2.24) is 0 Å². The van der Waals surface area contributed by atoms with Crippen LogP contribution in [-0.4, -0.2) is 13.1 Å². The van der Waals surface area contributed by atoms with E-state index in [1.165, 1.54) is 22.4 Å². The predicted octanol–water partition coefficient (Wildman–Crippen LogP) is 7.23. The first-order chi connectivity index (χ1) is 16.2. The number of rotatable bonds is 2. The zero-order chi connectivity index (χ0) is 24.3. The molecule has 0 radical (unpaired) electrons. The maximum absolute atomic E-state index is 9.99. The first kappa shape index (κ1) is 22.2. The zero-order valence-electron chi connectivity index (χ0n) is 20.8. The van der Waals surface area contributed by atoms with Crippen LogP contribution < -0.4 is 4.90 Å². The van der Waals surface area contributed by atoms with Crippen molar-refractivity contribution in [3.05, 3.63) is 75.3 Å². The maximum Gasteiger partial charge on any atom is 0.100 e. The number of nitrogens with zero attached hydrogens (tertiary/aromatic N) is 3. The molecule has 0 aliphatic carbocycles. The first-order valence-electron chi connectivity index (χ1n) is 12.1. The minimum atomic E-state index is 0.143. The maximum atomic E-state index is 9.99. The van der Waals surface area contributed by atoms with E-state index >= 15 is 0 Å². The van der Waals surface area contributed by atoms with E-state index in [4.69, 9.17) is 0 Å². The van der Waals surface area contributed by atoms with Crippen molar-refractivity contribution in [3.8, 4) is 12.1 Å². The molecule has 0 unspecified atom stereocenters. The molecule has 0 saturated heterocycles. The highest BCUT2D eigenvalue weighted by Gasteiger charge is 2.39. The summed E-state index contributed by atoms with van der Waals surface area (Å²) in [6.07, 6.45) is 6.54. The van der Waals surface area contributed by atoms with Crippen LogP contribution in [0.5, 0.6) is 0 Å². The van der Waals surface area contributed by atoms with Crippen molar-refractivity contribution in [3.63, 3.8) is 0 Å². The van der Waals surface area contributed by atoms with E-state index in [-0.39, 0.29) is 10.8 Å². The van der Waals surface area contributed by atoms with Gasteiger partial charge in [0.2, 0.25) is 0 Å². The normalized spacial score (nSPS) is 17.9. The largest absolute Gasteiger partial charge is 0.371 e. The van der Waals surface area contributed by atoms with Crippen LogP contribution in [0.1, 0.15) is 79.5 Å². The molecule has 0 fully saturated rings. The van der Waals surface area contributed by atoms with Gasteiger partial charge in [0.15, 0.2) is 0 Å². The fourth-order valence-corrected chi connectivity index (χ4v) is 5.69. The second-order valence-corrected chi connectivity index (χ2v) is 11.2. The third-order valence-corrected chi connectivity index (χ3v) is 8.04. The topological polar surface area (TPSA) is 50.8 Å². The van der Waals surface area contributed by atoms with Gasteiger partial charge in [-0.15, -0.1) is 0 Å². The summed E-state index contributed by atoms with van der Waals surface area (Å²) in [5, 5.41) is 21.3.